The van der Waals surface area contributed by atoms with Gasteiger partial charge in [0.15, 0.2) is 4.32 Å². The third-order valence-electron chi connectivity index (χ3n) is 5.61. The molecule has 2 aliphatic heterocycles. The van der Waals surface area contributed by atoms with E-state index < -0.39 is 0 Å². The first kappa shape index (κ1) is 24.2. The number of rotatable bonds is 6. The third kappa shape index (κ3) is 4.90. The van der Waals surface area contributed by atoms with Crippen LogP contribution in [0.2, 0.25) is 0 Å². The van der Waals surface area contributed by atoms with E-state index in [2.05, 4.69) is 34.8 Å². The van der Waals surface area contributed by atoms with E-state index in [1.54, 1.807) is 48.2 Å². The highest BCUT2D eigenvalue weighted by Gasteiger charge is 2.33. The SMILES string of the molecule is CCN1C(=CC=C2SC(=S)N(c3ccc(NNC(=O)c4ccccc4)cc3)C2=O)Sc2ccccc21. The maximum Gasteiger partial charge on any atom is 0.270 e. The van der Waals surface area contributed by atoms with Gasteiger partial charge in [-0.05, 0) is 67.6 Å². The van der Waals surface area contributed by atoms with Gasteiger partial charge in [-0.15, -0.1) is 0 Å². The molecule has 3 aromatic rings. The zero-order valence-electron chi connectivity index (χ0n) is 19.3. The predicted octanol–water partition coefficient (Wildman–Crippen LogP) is 6.17. The lowest BCUT2D eigenvalue weighted by Crippen LogP contribution is -2.29. The van der Waals surface area contributed by atoms with Gasteiger partial charge < -0.3 is 4.90 Å². The first-order chi connectivity index (χ1) is 17.5. The molecule has 2 aliphatic rings. The van der Waals surface area contributed by atoms with Crippen molar-refractivity contribution in [2.75, 3.05) is 21.8 Å². The number of allylic oxidation sites excluding steroid dienone is 2. The van der Waals surface area contributed by atoms with E-state index in [4.69, 9.17) is 12.2 Å². The summed E-state index contributed by atoms with van der Waals surface area (Å²) in [7, 11) is 0. The number of benzene rings is 3. The van der Waals surface area contributed by atoms with Gasteiger partial charge in [0, 0.05) is 17.0 Å². The molecule has 0 aromatic heterocycles. The van der Waals surface area contributed by atoms with E-state index in [0.29, 0.717) is 26.2 Å². The molecular formula is C27H22N4O2S3. The van der Waals surface area contributed by atoms with Gasteiger partial charge >= 0.3 is 0 Å². The average molecular weight is 531 g/mol. The van der Waals surface area contributed by atoms with Crippen molar-refractivity contribution in [2.45, 2.75) is 11.8 Å². The lowest BCUT2D eigenvalue weighted by Gasteiger charge is -2.17. The highest BCUT2D eigenvalue weighted by atomic mass is 32.2. The summed E-state index contributed by atoms with van der Waals surface area (Å²) < 4.78 is 0.484. The molecule has 0 bridgehead atoms. The molecule has 5 rings (SSSR count). The van der Waals surface area contributed by atoms with Crippen LogP contribution in [0.5, 0.6) is 0 Å². The summed E-state index contributed by atoms with van der Waals surface area (Å²) in [4.78, 5) is 30.9. The predicted molar refractivity (Wildman–Crippen MR) is 153 cm³/mol. The zero-order valence-corrected chi connectivity index (χ0v) is 21.8. The Bertz CT molecular complexity index is 1390. The van der Waals surface area contributed by atoms with Gasteiger partial charge in [-0.25, -0.2) is 0 Å². The fraction of sp³-hybridized carbons (Fsp3) is 0.0741. The number of carbonyl (C=O) groups excluding carboxylic acids is 2. The van der Waals surface area contributed by atoms with Crippen molar-refractivity contribution >= 4 is 68.9 Å². The number of hydrogen-bond donors (Lipinski definition) is 2. The minimum absolute atomic E-state index is 0.150. The van der Waals surface area contributed by atoms with Crippen LogP contribution in [-0.2, 0) is 4.79 Å². The van der Waals surface area contributed by atoms with Crippen LogP contribution in [0.25, 0.3) is 0 Å². The molecule has 0 unspecified atom stereocenters. The number of hydrazine groups is 1. The number of anilines is 3. The van der Waals surface area contributed by atoms with Gasteiger partial charge in [0.25, 0.3) is 11.8 Å². The summed E-state index contributed by atoms with van der Waals surface area (Å²) in [6, 6.07) is 24.4. The monoisotopic (exact) mass is 530 g/mol. The molecule has 36 heavy (non-hydrogen) atoms. The highest BCUT2D eigenvalue weighted by molar-refractivity contribution is 8.27. The fourth-order valence-corrected chi connectivity index (χ4v) is 6.21. The molecule has 9 heteroatoms. The van der Waals surface area contributed by atoms with Crippen LogP contribution in [-0.4, -0.2) is 22.7 Å². The number of carbonyl (C=O) groups is 2. The molecule has 6 nitrogen and oxygen atoms in total. The molecule has 2 amide bonds. The van der Waals surface area contributed by atoms with Gasteiger partial charge in [0.1, 0.15) is 0 Å². The Balaban J connectivity index is 1.26. The Morgan fingerprint density at radius 2 is 1.67 bits per heavy atom. The third-order valence-corrected chi connectivity index (χ3v) is 8.06. The van der Waals surface area contributed by atoms with Crippen LogP contribution < -0.4 is 20.7 Å². The van der Waals surface area contributed by atoms with Crippen molar-refractivity contribution < 1.29 is 9.59 Å². The molecule has 1 fully saturated rings. The molecule has 0 spiro atoms. The van der Waals surface area contributed by atoms with Crippen molar-refractivity contribution in [3.05, 3.63) is 107 Å². The van der Waals surface area contributed by atoms with E-state index >= 15 is 0 Å². The summed E-state index contributed by atoms with van der Waals surface area (Å²) in [6.45, 7) is 2.96. The number of amides is 2. The lowest BCUT2D eigenvalue weighted by atomic mass is 10.2. The zero-order chi connectivity index (χ0) is 25.1. The second-order valence-electron chi connectivity index (χ2n) is 7.85. The lowest BCUT2D eigenvalue weighted by molar-refractivity contribution is -0.113. The first-order valence-corrected chi connectivity index (χ1v) is 13.3. The number of thioether (sulfide) groups is 2. The minimum Gasteiger partial charge on any atom is -0.335 e. The van der Waals surface area contributed by atoms with Gasteiger partial charge in [-0.1, -0.05) is 66.1 Å². The number of hydrogen-bond acceptors (Lipinski definition) is 7. The van der Waals surface area contributed by atoms with E-state index in [-0.39, 0.29) is 11.8 Å². The Morgan fingerprint density at radius 3 is 2.42 bits per heavy atom. The van der Waals surface area contributed by atoms with Crippen LogP contribution in [0.4, 0.5) is 17.1 Å². The standard InChI is InChI=1S/C27H22N4O2S3/c1-2-30-21-10-6-7-11-22(21)35-24(30)17-16-23-26(33)31(27(34)36-23)20-14-12-19(13-15-20)28-29-25(32)18-8-4-3-5-9-18/h3-17,28H,2H2,1H3,(H,29,32). The highest BCUT2D eigenvalue weighted by Crippen LogP contribution is 2.46. The van der Waals surface area contributed by atoms with Crippen molar-refractivity contribution in [2.24, 2.45) is 0 Å². The molecule has 0 saturated carbocycles. The van der Waals surface area contributed by atoms with Crippen molar-refractivity contribution in [3.8, 4) is 0 Å². The van der Waals surface area contributed by atoms with Crippen LogP contribution in [0, 0.1) is 0 Å². The van der Waals surface area contributed by atoms with Gasteiger partial charge in [-0.3, -0.25) is 25.3 Å². The summed E-state index contributed by atoms with van der Waals surface area (Å²) in [5.41, 5.74) is 8.66. The van der Waals surface area contributed by atoms with Crippen LogP contribution in [0.15, 0.2) is 106 Å². The molecule has 2 heterocycles. The van der Waals surface area contributed by atoms with E-state index in [1.165, 1.54) is 27.2 Å². The normalized spacial score (nSPS) is 17.1. The second kappa shape index (κ2) is 10.6. The van der Waals surface area contributed by atoms with Gasteiger partial charge in [0.05, 0.1) is 27.0 Å². The fourth-order valence-electron chi connectivity index (χ4n) is 3.84. The summed E-state index contributed by atoms with van der Waals surface area (Å²) in [6.07, 6.45) is 3.84. The number of nitrogens with one attached hydrogen (secondary N) is 2. The number of nitrogens with zero attached hydrogens (tertiary/aromatic N) is 2. The molecule has 1 saturated heterocycles. The minimum atomic E-state index is -0.235. The molecule has 0 aliphatic carbocycles. The van der Waals surface area contributed by atoms with Crippen molar-refractivity contribution in [1.29, 1.82) is 0 Å². The second-order valence-corrected chi connectivity index (χ2v) is 10.6. The van der Waals surface area contributed by atoms with Crippen LogP contribution in [0.1, 0.15) is 17.3 Å². The molecule has 0 atom stereocenters. The van der Waals surface area contributed by atoms with Gasteiger partial charge in [0.2, 0.25) is 0 Å². The number of para-hydroxylation sites is 1. The Hall–Kier alpha value is -3.53. The first-order valence-electron chi connectivity index (χ1n) is 11.3. The Morgan fingerprint density at radius 1 is 0.944 bits per heavy atom. The molecule has 3 aromatic carbocycles. The van der Waals surface area contributed by atoms with Crippen molar-refractivity contribution in [1.82, 2.24) is 5.43 Å². The molecule has 0 radical (unpaired) electrons. The Labute approximate surface area is 223 Å². The van der Waals surface area contributed by atoms with Crippen molar-refractivity contribution in [3.63, 3.8) is 0 Å². The maximum atomic E-state index is 13.2. The molecule has 180 valence electrons. The largest absolute Gasteiger partial charge is 0.335 e. The topological polar surface area (TPSA) is 64.7 Å². The van der Waals surface area contributed by atoms with E-state index in [1.807, 2.05) is 42.5 Å². The van der Waals surface area contributed by atoms with Crippen LogP contribution in [0.3, 0.4) is 0 Å². The summed E-state index contributed by atoms with van der Waals surface area (Å²) in [5, 5.41) is 1.08. The molecular weight excluding hydrogens is 509 g/mol. The molecule has 2 N–H and O–H groups in total. The maximum absolute atomic E-state index is 13.2. The number of fused-ring (bicyclic) bond motifs is 1. The smallest absolute Gasteiger partial charge is 0.270 e. The summed E-state index contributed by atoms with van der Waals surface area (Å²) in [5.74, 6) is -0.385. The summed E-state index contributed by atoms with van der Waals surface area (Å²) >= 11 is 8.51. The van der Waals surface area contributed by atoms with E-state index in [9.17, 15) is 9.59 Å². The number of thiocarbonyl (C=S) groups is 1. The van der Waals surface area contributed by atoms with E-state index in [0.717, 1.165) is 11.6 Å². The average Bonchev–Trinajstić information content (AvgIpc) is 3.42. The quantitative estimate of drug-likeness (QED) is 0.225. The Kier molecular flexibility index (Phi) is 7.13. The van der Waals surface area contributed by atoms with Crippen LogP contribution >= 0.6 is 35.7 Å². The van der Waals surface area contributed by atoms with Gasteiger partial charge in [-0.2, -0.15) is 0 Å².